The van der Waals surface area contributed by atoms with Crippen LogP contribution in [0.25, 0.3) is 0 Å². The van der Waals surface area contributed by atoms with Crippen LogP contribution < -0.4 is 9.47 Å². The summed E-state index contributed by atoms with van der Waals surface area (Å²) in [5.41, 5.74) is 1.19. The fraction of sp³-hybridized carbons (Fsp3) is 0.111. The third-order valence-corrected chi connectivity index (χ3v) is 5.67. The quantitative estimate of drug-likeness (QED) is 0.196. The largest absolute Gasteiger partial charge is 0.457 e. The summed E-state index contributed by atoms with van der Waals surface area (Å²) < 4.78 is 12.2. The number of hydrogen-bond acceptors (Lipinski definition) is 6. The van der Waals surface area contributed by atoms with Gasteiger partial charge in [-0.05, 0) is 36.4 Å². The first-order chi connectivity index (χ1) is 16.8. The normalized spacial score (nSPS) is 11.0. The summed E-state index contributed by atoms with van der Waals surface area (Å²) in [5, 5.41) is 21.9. The molecule has 0 heterocycles. The first kappa shape index (κ1) is 23.4. The van der Waals surface area contributed by atoms with E-state index in [0.717, 1.165) is 11.1 Å². The van der Waals surface area contributed by atoms with Gasteiger partial charge in [0, 0.05) is 40.8 Å². The maximum absolute atomic E-state index is 10.9. The van der Waals surface area contributed by atoms with Crippen molar-refractivity contribution in [2.75, 3.05) is 0 Å². The Labute approximate surface area is 201 Å². The van der Waals surface area contributed by atoms with Crippen LogP contribution in [-0.2, 0) is 5.41 Å². The van der Waals surface area contributed by atoms with Crippen molar-refractivity contribution in [1.29, 1.82) is 0 Å². The lowest BCUT2D eigenvalue weighted by molar-refractivity contribution is -0.385. The molecular weight excluding hydrogens is 448 g/mol. The molecule has 0 unspecified atom stereocenters. The number of rotatable bonds is 8. The van der Waals surface area contributed by atoms with E-state index in [4.69, 9.17) is 9.47 Å². The van der Waals surface area contributed by atoms with Gasteiger partial charge in [0.25, 0.3) is 11.4 Å². The van der Waals surface area contributed by atoms with Crippen LogP contribution in [0.4, 0.5) is 11.4 Å². The Morgan fingerprint density at radius 2 is 0.914 bits per heavy atom. The number of nitro groups is 2. The molecule has 0 aliphatic rings. The van der Waals surface area contributed by atoms with Crippen molar-refractivity contribution in [3.63, 3.8) is 0 Å². The number of nitrogens with zero attached hydrogens (tertiary/aromatic N) is 2. The highest BCUT2D eigenvalue weighted by Gasteiger charge is 2.30. The summed E-state index contributed by atoms with van der Waals surface area (Å²) in [5.74, 6) is 2.18. The van der Waals surface area contributed by atoms with Crippen LogP contribution in [-0.4, -0.2) is 9.85 Å². The van der Waals surface area contributed by atoms with Crippen LogP contribution in [0.1, 0.15) is 25.0 Å². The molecule has 4 aromatic rings. The Balaban J connectivity index is 1.66. The average Bonchev–Trinajstić information content (AvgIpc) is 2.85. The minimum absolute atomic E-state index is 0.0108. The first-order valence-corrected chi connectivity index (χ1v) is 10.8. The van der Waals surface area contributed by atoms with Crippen molar-refractivity contribution < 1.29 is 19.3 Å². The number of hydrogen-bond donors (Lipinski definition) is 0. The van der Waals surface area contributed by atoms with E-state index in [1.54, 1.807) is 24.3 Å². The molecule has 0 aliphatic carbocycles. The maximum Gasteiger partial charge on any atom is 0.269 e. The van der Waals surface area contributed by atoms with E-state index >= 15 is 0 Å². The fourth-order valence-corrected chi connectivity index (χ4v) is 3.81. The zero-order chi connectivity index (χ0) is 25.0. The molecule has 0 spiro atoms. The molecule has 8 heteroatoms. The third-order valence-electron chi connectivity index (χ3n) is 5.67. The Hall–Kier alpha value is -4.72. The molecule has 0 fully saturated rings. The predicted octanol–water partition coefficient (Wildman–Crippen LogP) is 7.41. The monoisotopic (exact) mass is 470 g/mol. The zero-order valence-electron chi connectivity index (χ0n) is 19.1. The van der Waals surface area contributed by atoms with Crippen LogP contribution in [0.15, 0.2) is 97.1 Å². The molecule has 0 atom stereocenters. The van der Waals surface area contributed by atoms with Crippen molar-refractivity contribution in [3.05, 3.63) is 128 Å². The smallest absolute Gasteiger partial charge is 0.269 e. The van der Waals surface area contributed by atoms with Gasteiger partial charge in [0.15, 0.2) is 0 Å². The van der Waals surface area contributed by atoms with Crippen molar-refractivity contribution in [2.24, 2.45) is 0 Å². The number of ether oxygens (including phenoxy) is 2. The zero-order valence-corrected chi connectivity index (χ0v) is 19.1. The second kappa shape index (κ2) is 9.64. The van der Waals surface area contributed by atoms with Gasteiger partial charge in [-0.1, -0.05) is 50.2 Å². The van der Waals surface area contributed by atoms with Crippen LogP contribution in [0.5, 0.6) is 23.0 Å². The standard InChI is InChI=1S/C27H22N2O6/c1-27(2,23-7-3-5-9-25(23)34-21-15-11-19(12-16-21)28(30)31)24-8-4-6-10-26(24)35-22-17-13-20(14-18-22)29(32)33/h3-18H,1-2H3. The second-order valence-electron chi connectivity index (χ2n) is 8.32. The Kier molecular flexibility index (Phi) is 6.46. The van der Waals surface area contributed by atoms with E-state index in [2.05, 4.69) is 0 Å². The highest BCUT2D eigenvalue weighted by atomic mass is 16.6. The molecule has 0 N–H and O–H groups in total. The lowest BCUT2D eigenvalue weighted by Gasteiger charge is -2.30. The molecule has 176 valence electrons. The summed E-state index contributed by atoms with van der Waals surface area (Å²) in [4.78, 5) is 21.0. The molecule has 4 rings (SSSR count). The van der Waals surface area contributed by atoms with Gasteiger partial charge in [0.2, 0.25) is 0 Å². The molecular formula is C27H22N2O6. The minimum Gasteiger partial charge on any atom is -0.457 e. The SMILES string of the molecule is CC(C)(c1ccccc1Oc1ccc([N+](=O)[O-])cc1)c1ccccc1Oc1ccc([N+](=O)[O-])cc1. The number of nitro benzene ring substituents is 2. The first-order valence-electron chi connectivity index (χ1n) is 10.8. The van der Waals surface area contributed by atoms with E-state index in [9.17, 15) is 20.2 Å². The average molecular weight is 470 g/mol. The van der Waals surface area contributed by atoms with Gasteiger partial charge in [0.1, 0.15) is 23.0 Å². The lowest BCUT2D eigenvalue weighted by Crippen LogP contribution is -2.20. The molecule has 0 saturated heterocycles. The number of benzene rings is 4. The van der Waals surface area contributed by atoms with Gasteiger partial charge < -0.3 is 9.47 Å². The van der Waals surface area contributed by atoms with Crippen molar-refractivity contribution in [3.8, 4) is 23.0 Å². The summed E-state index contributed by atoms with van der Waals surface area (Å²) in [6.07, 6.45) is 0. The number of para-hydroxylation sites is 2. The Bertz CT molecular complexity index is 1260. The molecule has 0 saturated carbocycles. The van der Waals surface area contributed by atoms with Crippen molar-refractivity contribution >= 4 is 11.4 Å². The number of non-ortho nitro benzene ring substituents is 2. The van der Waals surface area contributed by atoms with Gasteiger partial charge in [-0.2, -0.15) is 0 Å². The van der Waals surface area contributed by atoms with E-state index in [0.29, 0.717) is 23.0 Å². The third kappa shape index (κ3) is 5.11. The highest BCUT2D eigenvalue weighted by molar-refractivity contribution is 5.53. The van der Waals surface area contributed by atoms with Crippen LogP contribution in [0.3, 0.4) is 0 Å². The predicted molar refractivity (Wildman–Crippen MR) is 131 cm³/mol. The van der Waals surface area contributed by atoms with Gasteiger partial charge in [-0.15, -0.1) is 0 Å². The summed E-state index contributed by atoms with van der Waals surface area (Å²) >= 11 is 0. The Morgan fingerprint density at radius 1 is 0.571 bits per heavy atom. The molecule has 0 bridgehead atoms. The molecule has 35 heavy (non-hydrogen) atoms. The summed E-state index contributed by atoms with van der Waals surface area (Å²) in [7, 11) is 0. The maximum atomic E-state index is 10.9. The van der Waals surface area contributed by atoms with Gasteiger partial charge in [-0.25, -0.2) is 0 Å². The van der Waals surface area contributed by atoms with Crippen molar-refractivity contribution in [2.45, 2.75) is 19.3 Å². The molecule has 0 radical (unpaired) electrons. The van der Waals surface area contributed by atoms with E-state index in [1.165, 1.54) is 24.3 Å². The van der Waals surface area contributed by atoms with Crippen LogP contribution >= 0.6 is 0 Å². The molecule has 0 aromatic heterocycles. The van der Waals surface area contributed by atoms with Gasteiger partial charge in [0.05, 0.1) is 9.85 Å². The van der Waals surface area contributed by atoms with Crippen molar-refractivity contribution in [1.82, 2.24) is 0 Å². The van der Waals surface area contributed by atoms with E-state index in [-0.39, 0.29) is 11.4 Å². The van der Waals surface area contributed by atoms with Crippen LogP contribution in [0.2, 0.25) is 0 Å². The van der Waals surface area contributed by atoms with E-state index in [1.807, 2.05) is 62.4 Å². The second-order valence-corrected chi connectivity index (χ2v) is 8.32. The topological polar surface area (TPSA) is 105 Å². The molecule has 8 nitrogen and oxygen atoms in total. The van der Waals surface area contributed by atoms with Gasteiger partial charge >= 0.3 is 0 Å². The molecule has 0 aliphatic heterocycles. The molecule has 4 aromatic carbocycles. The summed E-state index contributed by atoms with van der Waals surface area (Å²) in [6, 6.07) is 27.0. The minimum atomic E-state index is -0.561. The highest BCUT2D eigenvalue weighted by Crippen LogP contribution is 2.43. The lowest BCUT2D eigenvalue weighted by atomic mass is 9.77. The fourth-order valence-electron chi connectivity index (χ4n) is 3.81. The van der Waals surface area contributed by atoms with E-state index < -0.39 is 15.3 Å². The van der Waals surface area contributed by atoms with Crippen LogP contribution in [0, 0.1) is 20.2 Å². The van der Waals surface area contributed by atoms with Gasteiger partial charge in [-0.3, -0.25) is 20.2 Å². The molecule has 0 amide bonds. The Morgan fingerprint density at radius 3 is 1.26 bits per heavy atom. The summed E-state index contributed by atoms with van der Waals surface area (Å²) in [6.45, 7) is 4.09.